The molecule has 1 rings (SSSR count). The number of rotatable bonds is 4. The summed E-state index contributed by atoms with van der Waals surface area (Å²) in [4.78, 5) is 4.10. The van der Waals surface area contributed by atoms with Gasteiger partial charge < -0.3 is 10.4 Å². The van der Waals surface area contributed by atoms with Crippen molar-refractivity contribution in [3.05, 3.63) is 23.9 Å². The van der Waals surface area contributed by atoms with E-state index in [2.05, 4.69) is 16.4 Å². The molecular formula is C11H15N3O. The van der Waals surface area contributed by atoms with Gasteiger partial charge in [-0.2, -0.15) is 5.26 Å². The predicted molar refractivity (Wildman–Crippen MR) is 58.4 cm³/mol. The average molecular weight is 205 g/mol. The Morgan fingerprint density at radius 3 is 2.93 bits per heavy atom. The van der Waals surface area contributed by atoms with Gasteiger partial charge in [-0.1, -0.05) is 0 Å². The maximum Gasteiger partial charge on any atom is 0.144 e. The van der Waals surface area contributed by atoms with Gasteiger partial charge in [0.1, 0.15) is 11.9 Å². The largest absolute Gasteiger partial charge is 0.396 e. The van der Waals surface area contributed by atoms with Gasteiger partial charge in [-0.3, -0.25) is 0 Å². The summed E-state index contributed by atoms with van der Waals surface area (Å²) >= 11 is 0. The molecule has 1 aromatic heterocycles. The van der Waals surface area contributed by atoms with E-state index in [0.717, 1.165) is 0 Å². The van der Waals surface area contributed by atoms with Crippen LogP contribution < -0.4 is 5.32 Å². The highest BCUT2D eigenvalue weighted by Crippen LogP contribution is 2.18. The number of aliphatic hydroxyl groups is 1. The number of aromatic nitrogens is 1. The van der Waals surface area contributed by atoms with Crippen LogP contribution in [0.5, 0.6) is 0 Å². The van der Waals surface area contributed by atoms with Crippen molar-refractivity contribution in [2.75, 3.05) is 11.9 Å². The fourth-order valence-corrected chi connectivity index (χ4v) is 1.26. The van der Waals surface area contributed by atoms with E-state index in [1.165, 1.54) is 0 Å². The lowest BCUT2D eigenvalue weighted by molar-refractivity contribution is 0.260. The van der Waals surface area contributed by atoms with Crippen molar-refractivity contribution in [1.82, 2.24) is 4.98 Å². The number of nitrogens with zero attached hydrogens (tertiary/aromatic N) is 2. The standard InChI is InChI=1S/C11H15N3O/c1-11(2,5-7-15)14-10-9(8-12)4-3-6-13-10/h3-4,6,15H,5,7H2,1-2H3,(H,13,14). The van der Waals surface area contributed by atoms with Crippen LogP contribution in [0.1, 0.15) is 25.8 Å². The molecule has 4 heteroatoms. The van der Waals surface area contributed by atoms with Crippen molar-refractivity contribution < 1.29 is 5.11 Å². The molecule has 1 aromatic rings. The Labute approximate surface area is 89.6 Å². The minimum absolute atomic E-state index is 0.106. The van der Waals surface area contributed by atoms with Gasteiger partial charge in [-0.15, -0.1) is 0 Å². The van der Waals surface area contributed by atoms with Gasteiger partial charge in [0.15, 0.2) is 0 Å². The molecule has 15 heavy (non-hydrogen) atoms. The number of hydrogen-bond acceptors (Lipinski definition) is 4. The molecule has 4 nitrogen and oxygen atoms in total. The molecule has 0 aliphatic rings. The van der Waals surface area contributed by atoms with Crippen LogP contribution in [0.2, 0.25) is 0 Å². The third kappa shape index (κ3) is 3.22. The minimum Gasteiger partial charge on any atom is -0.396 e. The lowest BCUT2D eigenvalue weighted by Crippen LogP contribution is -2.32. The first-order valence-electron chi connectivity index (χ1n) is 4.83. The van der Waals surface area contributed by atoms with E-state index in [0.29, 0.717) is 17.8 Å². The molecule has 0 aliphatic carbocycles. The van der Waals surface area contributed by atoms with Crippen LogP contribution >= 0.6 is 0 Å². The van der Waals surface area contributed by atoms with E-state index < -0.39 is 0 Å². The average Bonchev–Trinajstić information content (AvgIpc) is 2.17. The first-order chi connectivity index (χ1) is 7.09. The van der Waals surface area contributed by atoms with E-state index in [4.69, 9.17) is 10.4 Å². The molecule has 0 fully saturated rings. The maximum absolute atomic E-state index is 8.88. The van der Waals surface area contributed by atoms with Crippen LogP contribution in [0.25, 0.3) is 0 Å². The number of nitriles is 1. The summed E-state index contributed by atoms with van der Waals surface area (Å²) in [5.74, 6) is 0.568. The van der Waals surface area contributed by atoms with Gasteiger partial charge in [-0.25, -0.2) is 4.98 Å². The van der Waals surface area contributed by atoms with Crippen molar-refractivity contribution in [1.29, 1.82) is 5.26 Å². The van der Waals surface area contributed by atoms with Crippen LogP contribution in [0.3, 0.4) is 0 Å². The number of nitrogens with one attached hydrogen (secondary N) is 1. The summed E-state index contributed by atoms with van der Waals surface area (Å²) in [6.07, 6.45) is 2.24. The second-order valence-electron chi connectivity index (χ2n) is 3.99. The summed E-state index contributed by atoms with van der Waals surface area (Å²) in [7, 11) is 0. The van der Waals surface area contributed by atoms with Crippen LogP contribution in [0.15, 0.2) is 18.3 Å². The van der Waals surface area contributed by atoms with Gasteiger partial charge in [0.25, 0.3) is 0 Å². The monoisotopic (exact) mass is 205 g/mol. The number of aliphatic hydroxyl groups excluding tert-OH is 1. The topological polar surface area (TPSA) is 68.9 Å². The molecular weight excluding hydrogens is 190 g/mol. The smallest absolute Gasteiger partial charge is 0.144 e. The van der Waals surface area contributed by atoms with E-state index in [9.17, 15) is 0 Å². The molecule has 0 unspecified atom stereocenters. The van der Waals surface area contributed by atoms with Gasteiger partial charge >= 0.3 is 0 Å². The van der Waals surface area contributed by atoms with Crippen LogP contribution in [-0.2, 0) is 0 Å². The first kappa shape index (κ1) is 11.5. The third-order valence-corrected chi connectivity index (χ3v) is 2.12. The zero-order chi connectivity index (χ0) is 11.3. The molecule has 0 spiro atoms. The van der Waals surface area contributed by atoms with E-state index in [1.54, 1.807) is 18.3 Å². The molecule has 0 saturated carbocycles. The molecule has 0 aliphatic heterocycles. The molecule has 0 saturated heterocycles. The number of pyridine rings is 1. The highest BCUT2D eigenvalue weighted by molar-refractivity contribution is 5.52. The van der Waals surface area contributed by atoms with Crippen molar-refractivity contribution in [2.45, 2.75) is 25.8 Å². The van der Waals surface area contributed by atoms with Gasteiger partial charge in [0.2, 0.25) is 0 Å². The summed E-state index contributed by atoms with van der Waals surface area (Å²) in [5.41, 5.74) is 0.248. The molecule has 0 radical (unpaired) electrons. The molecule has 0 aromatic carbocycles. The van der Waals surface area contributed by atoms with Gasteiger partial charge in [0, 0.05) is 18.3 Å². The Hall–Kier alpha value is -1.60. The van der Waals surface area contributed by atoms with Crippen LogP contribution in [0.4, 0.5) is 5.82 Å². The van der Waals surface area contributed by atoms with E-state index >= 15 is 0 Å². The Kier molecular flexibility index (Phi) is 3.64. The summed E-state index contributed by atoms with van der Waals surface area (Å²) in [5, 5.41) is 20.9. The SMILES string of the molecule is CC(C)(CCO)Nc1ncccc1C#N. The molecule has 2 N–H and O–H groups in total. The molecule has 0 atom stereocenters. The van der Waals surface area contributed by atoms with Crippen LogP contribution in [0, 0.1) is 11.3 Å². The summed E-state index contributed by atoms with van der Waals surface area (Å²) < 4.78 is 0. The summed E-state index contributed by atoms with van der Waals surface area (Å²) in [6.45, 7) is 4.02. The lowest BCUT2D eigenvalue weighted by atomic mass is 10.0. The van der Waals surface area contributed by atoms with Gasteiger partial charge in [-0.05, 0) is 32.4 Å². The van der Waals surface area contributed by atoms with Crippen molar-refractivity contribution >= 4 is 5.82 Å². The second kappa shape index (κ2) is 4.76. The molecule has 1 heterocycles. The highest BCUT2D eigenvalue weighted by atomic mass is 16.3. The first-order valence-corrected chi connectivity index (χ1v) is 4.83. The Morgan fingerprint density at radius 1 is 1.60 bits per heavy atom. The molecule has 80 valence electrons. The fraction of sp³-hybridized carbons (Fsp3) is 0.455. The van der Waals surface area contributed by atoms with Crippen LogP contribution in [-0.4, -0.2) is 22.2 Å². The molecule has 0 amide bonds. The van der Waals surface area contributed by atoms with Crippen molar-refractivity contribution in [3.8, 4) is 6.07 Å². The quantitative estimate of drug-likeness (QED) is 0.782. The normalized spacial score (nSPS) is 10.8. The van der Waals surface area contributed by atoms with Gasteiger partial charge in [0.05, 0.1) is 5.56 Å². The van der Waals surface area contributed by atoms with E-state index in [1.807, 2.05) is 13.8 Å². The lowest BCUT2D eigenvalue weighted by Gasteiger charge is -2.26. The zero-order valence-electron chi connectivity index (χ0n) is 8.99. The maximum atomic E-state index is 8.88. The second-order valence-corrected chi connectivity index (χ2v) is 3.99. The number of hydrogen-bond donors (Lipinski definition) is 2. The summed E-state index contributed by atoms with van der Waals surface area (Å²) in [6, 6.07) is 5.51. The fourth-order valence-electron chi connectivity index (χ4n) is 1.26. The Morgan fingerprint density at radius 2 is 2.33 bits per heavy atom. The van der Waals surface area contributed by atoms with Crippen molar-refractivity contribution in [2.24, 2.45) is 0 Å². The number of anilines is 1. The minimum atomic E-state index is -0.269. The Bertz CT molecular complexity index is 368. The molecule has 0 bridgehead atoms. The zero-order valence-corrected chi connectivity index (χ0v) is 8.99. The Balaban J connectivity index is 2.85. The van der Waals surface area contributed by atoms with Crippen molar-refractivity contribution in [3.63, 3.8) is 0 Å². The third-order valence-electron chi connectivity index (χ3n) is 2.12. The van der Waals surface area contributed by atoms with E-state index in [-0.39, 0.29) is 12.1 Å². The predicted octanol–water partition coefficient (Wildman–Crippen LogP) is 1.53. The highest BCUT2D eigenvalue weighted by Gasteiger charge is 2.18.